The molecule has 0 fully saturated rings. The highest BCUT2D eigenvalue weighted by Crippen LogP contribution is 2.32. The predicted molar refractivity (Wildman–Crippen MR) is 102 cm³/mol. The van der Waals surface area contributed by atoms with Crippen LogP contribution in [0.3, 0.4) is 0 Å². The van der Waals surface area contributed by atoms with Crippen molar-refractivity contribution in [2.45, 2.75) is 39.0 Å². The number of rotatable bonds is 3. The lowest BCUT2D eigenvalue weighted by Gasteiger charge is -2.30. The van der Waals surface area contributed by atoms with Gasteiger partial charge in [-0.15, -0.1) is 11.3 Å². The lowest BCUT2D eigenvalue weighted by atomic mass is 10.1. The third-order valence-electron chi connectivity index (χ3n) is 4.78. The van der Waals surface area contributed by atoms with Gasteiger partial charge in [-0.1, -0.05) is 0 Å². The van der Waals surface area contributed by atoms with Crippen molar-refractivity contribution in [2.75, 3.05) is 17.2 Å². The summed E-state index contributed by atoms with van der Waals surface area (Å²) in [6.45, 7) is 5.00. The number of fused-ring (bicyclic) bond motifs is 2. The van der Waals surface area contributed by atoms with E-state index in [0.717, 1.165) is 18.7 Å². The molecule has 2 amide bonds. The van der Waals surface area contributed by atoms with Gasteiger partial charge in [-0.2, -0.15) is 0 Å². The number of carbonyl (C=O) groups is 2. The molecule has 1 aromatic heterocycles. The second kappa shape index (κ2) is 6.64. The van der Waals surface area contributed by atoms with Crippen LogP contribution in [0.1, 0.15) is 24.3 Å². The van der Waals surface area contributed by atoms with Gasteiger partial charge in [0.15, 0.2) is 6.10 Å². The summed E-state index contributed by atoms with van der Waals surface area (Å²) in [5.41, 5.74) is 2.65. The number of nitrogens with one attached hydrogen (secondary N) is 2. The normalized spacial score (nSPS) is 19.7. The molecule has 2 N–H and O–H groups in total. The molecule has 6 nitrogen and oxygen atoms in total. The molecular formula is C19H21N3O3S. The molecule has 2 aliphatic heterocycles. The number of hydrogen-bond donors (Lipinski definition) is 2. The topological polar surface area (TPSA) is 70.7 Å². The molecule has 26 heavy (non-hydrogen) atoms. The fourth-order valence-electron chi connectivity index (χ4n) is 3.32. The van der Waals surface area contributed by atoms with Crippen molar-refractivity contribution in [3.8, 4) is 5.75 Å². The molecule has 0 saturated carbocycles. The van der Waals surface area contributed by atoms with E-state index in [2.05, 4.69) is 22.1 Å². The Morgan fingerprint density at radius 3 is 3.12 bits per heavy atom. The summed E-state index contributed by atoms with van der Waals surface area (Å²) in [6, 6.07) is 7.22. The van der Waals surface area contributed by atoms with E-state index in [1.807, 2.05) is 24.0 Å². The number of nitrogens with zero attached hydrogens (tertiary/aromatic N) is 1. The van der Waals surface area contributed by atoms with Crippen molar-refractivity contribution in [1.29, 1.82) is 0 Å². The Kier molecular flexibility index (Phi) is 4.32. The molecule has 0 radical (unpaired) electrons. The zero-order valence-corrected chi connectivity index (χ0v) is 15.6. The van der Waals surface area contributed by atoms with Crippen LogP contribution in [-0.4, -0.2) is 35.4 Å². The highest BCUT2D eigenvalue weighted by Gasteiger charge is 2.26. The summed E-state index contributed by atoms with van der Waals surface area (Å²) < 4.78 is 5.56. The van der Waals surface area contributed by atoms with E-state index in [1.54, 1.807) is 24.3 Å². The van der Waals surface area contributed by atoms with Crippen molar-refractivity contribution in [1.82, 2.24) is 4.90 Å². The maximum atomic E-state index is 12.8. The maximum Gasteiger partial charge on any atom is 0.265 e. The lowest BCUT2D eigenvalue weighted by molar-refractivity contribution is -0.132. The quantitative estimate of drug-likeness (QED) is 0.870. The van der Waals surface area contributed by atoms with Crippen molar-refractivity contribution in [2.24, 2.45) is 0 Å². The van der Waals surface area contributed by atoms with E-state index >= 15 is 0 Å². The number of amides is 2. The van der Waals surface area contributed by atoms with Crippen molar-refractivity contribution in [3.05, 3.63) is 40.1 Å². The van der Waals surface area contributed by atoms with E-state index in [-0.39, 0.29) is 17.9 Å². The summed E-state index contributed by atoms with van der Waals surface area (Å²) >= 11 is 1.76. The molecule has 136 valence electrons. The summed E-state index contributed by atoms with van der Waals surface area (Å²) in [4.78, 5) is 27.8. The molecule has 4 rings (SSSR count). The number of thiophene rings is 1. The molecule has 2 atom stereocenters. The zero-order chi connectivity index (χ0) is 18.3. The number of anilines is 2. The van der Waals surface area contributed by atoms with Gasteiger partial charge in [0.2, 0.25) is 5.91 Å². The molecule has 2 unspecified atom stereocenters. The SMILES string of the molecule is CC(Nc1ccc2c(c1)NC(=O)C(C)O2)C(=O)N1CCc2sccc2C1. The molecule has 2 aliphatic rings. The molecule has 0 aliphatic carbocycles. The van der Waals surface area contributed by atoms with Gasteiger partial charge in [0, 0.05) is 23.7 Å². The van der Waals surface area contributed by atoms with E-state index in [0.29, 0.717) is 18.0 Å². The van der Waals surface area contributed by atoms with Crippen LogP contribution in [0, 0.1) is 0 Å². The van der Waals surface area contributed by atoms with Gasteiger partial charge in [0.05, 0.1) is 5.69 Å². The van der Waals surface area contributed by atoms with Gasteiger partial charge in [-0.05, 0) is 55.5 Å². The first-order valence-electron chi connectivity index (χ1n) is 8.73. The predicted octanol–water partition coefficient (Wildman–Crippen LogP) is 2.85. The Bertz CT molecular complexity index is 863. The van der Waals surface area contributed by atoms with Crippen LogP contribution in [-0.2, 0) is 22.6 Å². The summed E-state index contributed by atoms with van der Waals surface area (Å²) in [5, 5.41) is 8.15. The monoisotopic (exact) mass is 371 g/mol. The highest BCUT2D eigenvalue weighted by atomic mass is 32.1. The second-order valence-corrected chi connectivity index (χ2v) is 7.71. The van der Waals surface area contributed by atoms with E-state index in [1.165, 1.54) is 10.4 Å². The first kappa shape index (κ1) is 16.9. The molecule has 7 heteroatoms. The first-order valence-corrected chi connectivity index (χ1v) is 9.61. The largest absolute Gasteiger partial charge is 0.479 e. The van der Waals surface area contributed by atoms with Crippen LogP contribution >= 0.6 is 11.3 Å². The third kappa shape index (κ3) is 3.14. The third-order valence-corrected chi connectivity index (χ3v) is 5.81. The van der Waals surface area contributed by atoms with Crippen LogP contribution < -0.4 is 15.4 Å². The Morgan fingerprint density at radius 1 is 1.42 bits per heavy atom. The van der Waals surface area contributed by atoms with Crippen molar-refractivity contribution >= 4 is 34.5 Å². The maximum absolute atomic E-state index is 12.8. The van der Waals surface area contributed by atoms with Crippen LogP contribution in [0.15, 0.2) is 29.6 Å². The Labute approximate surface area is 156 Å². The van der Waals surface area contributed by atoms with Crippen molar-refractivity contribution < 1.29 is 14.3 Å². The molecular weight excluding hydrogens is 350 g/mol. The number of benzene rings is 1. The van der Waals surface area contributed by atoms with Crippen LogP contribution in [0.25, 0.3) is 0 Å². The fraction of sp³-hybridized carbons (Fsp3) is 0.368. The van der Waals surface area contributed by atoms with E-state index in [4.69, 9.17) is 4.74 Å². The molecule has 0 saturated heterocycles. The van der Waals surface area contributed by atoms with Gasteiger partial charge in [0.25, 0.3) is 5.91 Å². The Morgan fingerprint density at radius 2 is 2.27 bits per heavy atom. The number of ether oxygens (including phenoxy) is 1. The summed E-state index contributed by atoms with van der Waals surface area (Å²) in [5.74, 6) is 0.551. The summed E-state index contributed by atoms with van der Waals surface area (Å²) in [6.07, 6.45) is 0.425. The Hall–Kier alpha value is -2.54. The standard InChI is InChI=1S/C19H21N3O3S/c1-11(19(24)22-7-5-17-13(10-22)6-8-26-17)20-14-3-4-16-15(9-14)21-18(23)12(2)25-16/h3-4,6,8-9,11-12,20H,5,7,10H2,1-2H3,(H,21,23). The van der Waals surface area contributed by atoms with Gasteiger partial charge >= 0.3 is 0 Å². The lowest BCUT2D eigenvalue weighted by Crippen LogP contribution is -2.43. The van der Waals surface area contributed by atoms with Gasteiger partial charge in [-0.25, -0.2) is 0 Å². The minimum atomic E-state index is -0.497. The van der Waals surface area contributed by atoms with E-state index < -0.39 is 6.10 Å². The minimum Gasteiger partial charge on any atom is -0.479 e. The minimum absolute atomic E-state index is 0.0773. The second-order valence-electron chi connectivity index (χ2n) is 6.71. The number of hydrogen-bond acceptors (Lipinski definition) is 5. The number of carbonyl (C=O) groups excluding carboxylic acids is 2. The smallest absolute Gasteiger partial charge is 0.265 e. The Balaban J connectivity index is 1.43. The van der Waals surface area contributed by atoms with Gasteiger partial charge in [-0.3, -0.25) is 9.59 Å². The van der Waals surface area contributed by atoms with E-state index in [9.17, 15) is 9.59 Å². The van der Waals surface area contributed by atoms with Crippen LogP contribution in [0.5, 0.6) is 5.75 Å². The molecule has 1 aromatic carbocycles. The van der Waals surface area contributed by atoms with Gasteiger partial charge in [0.1, 0.15) is 11.8 Å². The zero-order valence-electron chi connectivity index (χ0n) is 14.7. The average Bonchev–Trinajstić information content (AvgIpc) is 3.10. The van der Waals surface area contributed by atoms with Crippen LogP contribution in [0.4, 0.5) is 11.4 Å². The van der Waals surface area contributed by atoms with Crippen LogP contribution in [0.2, 0.25) is 0 Å². The molecule has 0 spiro atoms. The molecule has 3 heterocycles. The highest BCUT2D eigenvalue weighted by molar-refractivity contribution is 7.10. The molecule has 2 aromatic rings. The van der Waals surface area contributed by atoms with Gasteiger partial charge < -0.3 is 20.3 Å². The first-order chi connectivity index (χ1) is 12.5. The molecule has 0 bridgehead atoms. The average molecular weight is 371 g/mol. The van der Waals surface area contributed by atoms with Crippen molar-refractivity contribution in [3.63, 3.8) is 0 Å². The fourth-order valence-corrected chi connectivity index (χ4v) is 4.21. The summed E-state index contributed by atoms with van der Waals surface area (Å²) in [7, 11) is 0.